The molecule has 0 atom stereocenters. The second kappa shape index (κ2) is 7.51. The van der Waals surface area contributed by atoms with Crippen LogP contribution in [0.5, 0.6) is 5.75 Å². The normalized spacial score (nSPS) is 16.6. The van der Waals surface area contributed by atoms with Crippen molar-refractivity contribution >= 4 is 32.0 Å². The number of sulfonamides is 1. The number of nitrogens with zero attached hydrogens (tertiary/aromatic N) is 2. The van der Waals surface area contributed by atoms with E-state index in [1.54, 1.807) is 32.9 Å². The van der Waals surface area contributed by atoms with Crippen molar-refractivity contribution in [2.45, 2.75) is 31.3 Å². The highest BCUT2D eigenvalue weighted by Crippen LogP contribution is 2.30. The molecule has 0 spiro atoms. The molecule has 0 radical (unpaired) electrons. The maximum atomic E-state index is 12.9. The zero-order chi connectivity index (χ0) is 18.8. The van der Waals surface area contributed by atoms with Gasteiger partial charge in [0.15, 0.2) is 0 Å². The summed E-state index contributed by atoms with van der Waals surface area (Å²) >= 11 is 3.30. The number of ether oxygens (including phenoxy) is 2. The summed E-state index contributed by atoms with van der Waals surface area (Å²) in [6, 6.07) is 4.79. The zero-order valence-electron chi connectivity index (χ0n) is 14.8. The fourth-order valence-electron chi connectivity index (χ4n) is 2.43. The largest absolute Gasteiger partial charge is 0.495 e. The lowest BCUT2D eigenvalue weighted by Gasteiger charge is -2.35. The maximum Gasteiger partial charge on any atom is 0.410 e. The van der Waals surface area contributed by atoms with Gasteiger partial charge in [-0.1, -0.05) is 15.9 Å². The van der Waals surface area contributed by atoms with Gasteiger partial charge in [-0.2, -0.15) is 4.31 Å². The van der Waals surface area contributed by atoms with Crippen LogP contribution in [-0.4, -0.2) is 62.6 Å². The van der Waals surface area contributed by atoms with Crippen LogP contribution in [0.2, 0.25) is 0 Å². The molecule has 0 aliphatic carbocycles. The fourth-order valence-corrected chi connectivity index (χ4v) is 4.33. The third-order valence-corrected chi connectivity index (χ3v) is 6.07. The molecule has 0 bridgehead atoms. The Morgan fingerprint density at radius 2 is 1.76 bits per heavy atom. The van der Waals surface area contributed by atoms with Crippen LogP contribution in [0.3, 0.4) is 0 Å². The van der Waals surface area contributed by atoms with Crippen LogP contribution in [0, 0.1) is 0 Å². The van der Waals surface area contributed by atoms with Gasteiger partial charge >= 0.3 is 6.09 Å². The first-order chi connectivity index (χ1) is 11.5. The van der Waals surface area contributed by atoms with E-state index in [1.807, 2.05) is 0 Å². The summed E-state index contributed by atoms with van der Waals surface area (Å²) in [7, 11) is -2.27. The van der Waals surface area contributed by atoms with Crippen LogP contribution in [0.15, 0.2) is 27.6 Å². The molecule has 1 aliphatic heterocycles. The third kappa shape index (κ3) is 4.86. The highest BCUT2D eigenvalue weighted by atomic mass is 79.9. The van der Waals surface area contributed by atoms with Crippen molar-refractivity contribution in [3.05, 3.63) is 22.7 Å². The van der Waals surface area contributed by atoms with Gasteiger partial charge in [0.05, 0.1) is 7.11 Å². The molecule has 1 aromatic carbocycles. The second-order valence-corrected chi connectivity index (χ2v) is 9.49. The quantitative estimate of drug-likeness (QED) is 0.730. The smallest absolute Gasteiger partial charge is 0.410 e. The van der Waals surface area contributed by atoms with Crippen molar-refractivity contribution in [3.63, 3.8) is 0 Å². The van der Waals surface area contributed by atoms with E-state index < -0.39 is 21.7 Å². The predicted molar refractivity (Wildman–Crippen MR) is 97.3 cm³/mol. The summed E-state index contributed by atoms with van der Waals surface area (Å²) in [6.07, 6.45) is -0.425. The monoisotopic (exact) mass is 434 g/mol. The molecular weight excluding hydrogens is 412 g/mol. The number of carbonyl (C=O) groups excluding carboxylic acids is 1. The minimum Gasteiger partial charge on any atom is -0.495 e. The Bertz CT molecular complexity index is 737. The van der Waals surface area contributed by atoms with Crippen molar-refractivity contribution in [1.82, 2.24) is 9.21 Å². The van der Waals surface area contributed by atoms with Crippen LogP contribution in [0.4, 0.5) is 4.79 Å². The van der Waals surface area contributed by atoms with Crippen LogP contribution < -0.4 is 4.74 Å². The minimum absolute atomic E-state index is 0.115. The summed E-state index contributed by atoms with van der Waals surface area (Å²) in [5, 5.41) is 0. The Morgan fingerprint density at radius 3 is 2.28 bits per heavy atom. The first-order valence-corrected chi connectivity index (χ1v) is 10.1. The van der Waals surface area contributed by atoms with Crippen LogP contribution in [-0.2, 0) is 14.8 Å². The van der Waals surface area contributed by atoms with E-state index >= 15 is 0 Å². The molecule has 0 aromatic heterocycles. The van der Waals surface area contributed by atoms with Crippen molar-refractivity contribution in [2.24, 2.45) is 0 Å². The lowest BCUT2D eigenvalue weighted by atomic mass is 10.2. The van der Waals surface area contributed by atoms with Gasteiger partial charge in [-0.25, -0.2) is 13.2 Å². The molecule has 1 aromatic rings. The molecule has 7 nitrogen and oxygen atoms in total. The lowest BCUT2D eigenvalue weighted by Crippen LogP contribution is -2.51. The highest BCUT2D eigenvalue weighted by molar-refractivity contribution is 9.10. The van der Waals surface area contributed by atoms with Gasteiger partial charge < -0.3 is 14.4 Å². The van der Waals surface area contributed by atoms with E-state index in [0.29, 0.717) is 0 Å². The fraction of sp³-hybridized carbons (Fsp3) is 0.562. The van der Waals surface area contributed by atoms with Crippen LogP contribution in [0.25, 0.3) is 0 Å². The lowest BCUT2D eigenvalue weighted by molar-refractivity contribution is 0.0192. The first-order valence-electron chi connectivity index (χ1n) is 7.86. The van der Waals surface area contributed by atoms with Crippen molar-refractivity contribution in [3.8, 4) is 5.75 Å². The van der Waals surface area contributed by atoms with Crippen LogP contribution >= 0.6 is 15.9 Å². The average Bonchev–Trinajstić information content (AvgIpc) is 2.53. The number of hydrogen-bond acceptors (Lipinski definition) is 5. The van der Waals surface area contributed by atoms with E-state index in [0.717, 1.165) is 4.47 Å². The number of carbonyl (C=O) groups is 1. The van der Waals surface area contributed by atoms with E-state index in [9.17, 15) is 13.2 Å². The van der Waals surface area contributed by atoms with Crippen molar-refractivity contribution < 1.29 is 22.7 Å². The predicted octanol–water partition coefficient (Wildman–Crippen LogP) is 2.70. The number of methoxy groups -OCH3 is 1. The second-order valence-electron chi connectivity index (χ2n) is 6.67. The van der Waals surface area contributed by atoms with Gasteiger partial charge in [0.1, 0.15) is 16.2 Å². The Balaban J connectivity index is 2.11. The van der Waals surface area contributed by atoms with Gasteiger partial charge in [-0.15, -0.1) is 0 Å². The molecule has 1 heterocycles. The molecule has 0 saturated carbocycles. The Labute approximate surface area is 157 Å². The van der Waals surface area contributed by atoms with Crippen LogP contribution in [0.1, 0.15) is 20.8 Å². The number of hydrogen-bond donors (Lipinski definition) is 0. The summed E-state index contributed by atoms with van der Waals surface area (Å²) in [6.45, 7) is 6.38. The van der Waals surface area contributed by atoms with Gasteiger partial charge in [0.25, 0.3) is 0 Å². The van der Waals surface area contributed by atoms with E-state index in [-0.39, 0.29) is 36.8 Å². The SMILES string of the molecule is COc1cc(Br)ccc1S(=O)(=O)N1CCN(C(=O)OC(C)(C)C)CC1. The molecule has 0 unspecified atom stereocenters. The van der Waals surface area contributed by atoms with Gasteiger partial charge in [-0.3, -0.25) is 0 Å². The highest BCUT2D eigenvalue weighted by Gasteiger charge is 2.33. The van der Waals surface area contributed by atoms with E-state index in [1.165, 1.54) is 22.4 Å². The van der Waals surface area contributed by atoms with Crippen molar-refractivity contribution in [2.75, 3.05) is 33.3 Å². The number of amides is 1. The van der Waals surface area contributed by atoms with Crippen molar-refractivity contribution in [1.29, 1.82) is 0 Å². The van der Waals surface area contributed by atoms with E-state index in [2.05, 4.69) is 15.9 Å². The number of halogens is 1. The summed E-state index contributed by atoms with van der Waals surface area (Å²) in [4.78, 5) is 13.7. The van der Waals surface area contributed by atoms with Gasteiger partial charge in [0, 0.05) is 30.7 Å². The van der Waals surface area contributed by atoms with E-state index in [4.69, 9.17) is 9.47 Å². The molecule has 1 fully saturated rings. The van der Waals surface area contributed by atoms with Gasteiger partial charge in [0.2, 0.25) is 10.0 Å². The Hall–Kier alpha value is -1.32. The summed E-state index contributed by atoms with van der Waals surface area (Å²) < 4.78 is 38.4. The number of rotatable bonds is 3. The molecule has 1 amide bonds. The molecular formula is C16H23BrN2O5S. The molecule has 25 heavy (non-hydrogen) atoms. The summed E-state index contributed by atoms with van der Waals surface area (Å²) in [5.74, 6) is 0.281. The minimum atomic E-state index is -3.70. The Morgan fingerprint density at radius 1 is 1.16 bits per heavy atom. The topological polar surface area (TPSA) is 76.2 Å². The Kier molecular flexibility index (Phi) is 6.01. The number of benzene rings is 1. The molecule has 1 aliphatic rings. The molecule has 1 saturated heterocycles. The first kappa shape index (κ1) is 20.0. The zero-order valence-corrected chi connectivity index (χ0v) is 17.2. The molecule has 140 valence electrons. The molecule has 2 rings (SSSR count). The average molecular weight is 435 g/mol. The molecule has 9 heteroatoms. The third-order valence-electron chi connectivity index (χ3n) is 3.63. The molecule has 0 N–H and O–H groups in total. The summed E-state index contributed by atoms with van der Waals surface area (Å²) in [5.41, 5.74) is -0.578. The maximum absolute atomic E-state index is 12.9. The van der Waals surface area contributed by atoms with Gasteiger partial charge in [-0.05, 0) is 39.0 Å². The standard InChI is InChI=1S/C16H23BrN2O5S/c1-16(2,3)24-15(20)18-7-9-19(10-8-18)25(21,22)14-6-5-12(17)11-13(14)23-4/h5-6,11H,7-10H2,1-4H3. The number of piperazine rings is 1.